The van der Waals surface area contributed by atoms with E-state index in [4.69, 9.17) is 14.9 Å². The monoisotopic (exact) mass is 466 g/mol. The molecule has 2 aliphatic rings. The summed E-state index contributed by atoms with van der Waals surface area (Å²) in [6.45, 7) is 2.61. The Morgan fingerprint density at radius 1 is 1.24 bits per heavy atom. The van der Waals surface area contributed by atoms with Gasteiger partial charge in [-0.15, -0.1) is 0 Å². The maximum absolute atomic E-state index is 12.3. The average molecular weight is 466 g/mol. The molecule has 2 aromatic heterocycles. The van der Waals surface area contributed by atoms with Crippen molar-refractivity contribution in [2.24, 2.45) is 5.92 Å². The number of anilines is 2. The number of carboxylic acid groups (broad SMARTS) is 1. The number of carboxylic acids is 1. The van der Waals surface area contributed by atoms with Crippen LogP contribution in [0, 0.1) is 5.92 Å². The third-order valence-electron chi connectivity index (χ3n) is 5.32. The molecule has 12 heteroatoms. The summed E-state index contributed by atoms with van der Waals surface area (Å²) in [5.41, 5.74) is 2.87. The highest BCUT2D eigenvalue weighted by molar-refractivity contribution is 5.98. The fraction of sp³-hybridized carbons (Fsp3) is 0.476. The minimum Gasteiger partial charge on any atom is -0.475 e. The topological polar surface area (TPSA) is 120 Å². The Labute approximate surface area is 188 Å². The summed E-state index contributed by atoms with van der Waals surface area (Å²) >= 11 is 0. The molecule has 9 nitrogen and oxygen atoms in total. The Hall–Kier alpha value is -3.44. The summed E-state index contributed by atoms with van der Waals surface area (Å²) in [4.78, 5) is 36.7. The van der Waals surface area contributed by atoms with Crippen LogP contribution >= 0.6 is 0 Å². The summed E-state index contributed by atoms with van der Waals surface area (Å²) in [6.07, 6.45) is 2.48. The van der Waals surface area contributed by atoms with Crippen LogP contribution in [0.5, 0.6) is 0 Å². The molecule has 2 aromatic rings. The SMILES string of the molecule is CNC(=O)c1cc2c(nc1NCC1CC1)CCN(c1ccncn1)CC2.O=C(O)C(F)(F)F. The first-order valence-electron chi connectivity index (χ1n) is 10.5. The molecular formula is C21H25F3N6O3. The Kier molecular flexibility index (Phi) is 7.67. The van der Waals surface area contributed by atoms with Gasteiger partial charge in [0, 0.05) is 45.0 Å². The molecule has 178 valence electrons. The fourth-order valence-electron chi connectivity index (χ4n) is 3.34. The van der Waals surface area contributed by atoms with Crippen LogP contribution in [-0.2, 0) is 17.6 Å². The van der Waals surface area contributed by atoms with E-state index in [1.54, 1.807) is 19.6 Å². The van der Waals surface area contributed by atoms with Crippen LogP contribution in [0.3, 0.4) is 0 Å². The zero-order chi connectivity index (χ0) is 24.0. The van der Waals surface area contributed by atoms with Crippen LogP contribution in [0.4, 0.5) is 24.8 Å². The molecule has 0 saturated heterocycles. The molecule has 0 aromatic carbocycles. The van der Waals surface area contributed by atoms with Crippen LogP contribution in [0.1, 0.15) is 34.5 Å². The molecule has 0 spiro atoms. The number of aliphatic carboxylic acids is 1. The molecule has 1 saturated carbocycles. The molecule has 0 atom stereocenters. The van der Waals surface area contributed by atoms with Crippen LogP contribution in [0.25, 0.3) is 0 Å². The number of halogens is 3. The zero-order valence-electron chi connectivity index (χ0n) is 18.0. The van der Waals surface area contributed by atoms with Crippen molar-refractivity contribution in [2.45, 2.75) is 31.9 Å². The van der Waals surface area contributed by atoms with E-state index in [1.165, 1.54) is 12.8 Å². The van der Waals surface area contributed by atoms with Gasteiger partial charge in [0.1, 0.15) is 18.0 Å². The predicted molar refractivity (Wildman–Crippen MR) is 114 cm³/mol. The maximum atomic E-state index is 12.3. The molecule has 1 aliphatic heterocycles. The van der Waals surface area contributed by atoms with Crippen LogP contribution < -0.4 is 15.5 Å². The van der Waals surface area contributed by atoms with Gasteiger partial charge in [-0.3, -0.25) is 4.79 Å². The van der Waals surface area contributed by atoms with Crippen molar-refractivity contribution in [1.29, 1.82) is 0 Å². The van der Waals surface area contributed by atoms with Crippen molar-refractivity contribution in [2.75, 3.05) is 36.9 Å². The van der Waals surface area contributed by atoms with Gasteiger partial charge >= 0.3 is 12.1 Å². The number of pyridine rings is 1. The zero-order valence-corrected chi connectivity index (χ0v) is 18.0. The number of carbonyl (C=O) groups is 2. The molecule has 0 radical (unpaired) electrons. The Balaban J connectivity index is 0.000000383. The lowest BCUT2D eigenvalue weighted by Crippen LogP contribution is -2.26. The van der Waals surface area contributed by atoms with Crippen molar-refractivity contribution in [3.05, 3.63) is 41.5 Å². The second-order valence-electron chi connectivity index (χ2n) is 7.75. The number of nitrogens with zero attached hydrogens (tertiary/aromatic N) is 4. The number of fused-ring (bicyclic) bond motifs is 1. The Morgan fingerprint density at radius 2 is 1.94 bits per heavy atom. The number of aromatic nitrogens is 3. The van der Waals surface area contributed by atoms with E-state index >= 15 is 0 Å². The summed E-state index contributed by atoms with van der Waals surface area (Å²) in [5.74, 6) is -0.471. The van der Waals surface area contributed by atoms with E-state index in [0.717, 1.165) is 55.5 Å². The van der Waals surface area contributed by atoms with E-state index in [2.05, 4.69) is 25.5 Å². The number of hydrogen-bond acceptors (Lipinski definition) is 7. The molecule has 3 heterocycles. The van der Waals surface area contributed by atoms with E-state index < -0.39 is 12.1 Å². The normalized spacial score (nSPS) is 15.5. The second kappa shape index (κ2) is 10.5. The minimum atomic E-state index is -5.08. The minimum absolute atomic E-state index is 0.0875. The van der Waals surface area contributed by atoms with Crippen molar-refractivity contribution < 1.29 is 27.9 Å². The van der Waals surface area contributed by atoms with E-state index in [1.807, 2.05) is 12.1 Å². The largest absolute Gasteiger partial charge is 0.490 e. The lowest BCUT2D eigenvalue weighted by atomic mass is 10.1. The first-order valence-corrected chi connectivity index (χ1v) is 10.5. The van der Waals surface area contributed by atoms with E-state index in [9.17, 15) is 18.0 Å². The number of carbonyl (C=O) groups excluding carboxylic acids is 1. The molecule has 1 fully saturated rings. The predicted octanol–water partition coefficient (Wildman–Crippen LogP) is 2.29. The number of rotatable bonds is 5. The number of nitrogens with one attached hydrogen (secondary N) is 2. The van der Waals surface area contributed by atoms with Gasteiger partial charge in [-0.05, 0) is 42.9 Å². The molecule has 33 heavy (non-hydrogen) atoms. The van der Waals surface area contributed by atoms with Gasteiger partial charge in [0.15, 0.2) is 0 Å². The molecule has 0 unspecified atom stereocenters. The van der Waals surface area contributed by atoms with Gasteiger partial charge in [-0.2, -0.15) is 13.2 Å². The lowest BCUT2D eigenvalue weighted by Gasteiger charge is -2.20. The maximum Gasteiger partial charge on any atom is 0.490 e. The number of amides is 1. The number of hydrogen-bond donors (Lipinski definition) is 3. The lowest BCUT2D eigenvalue weighted by molar-refractivity contribution is -0.192. The summed E-state index contributed by atoms with van der Waals surface area (Å²) in [7, 11) is 1.66. The van der Waals surface area contributed by atoms with Gasteiger partial charge in [-0.25, -0.2) is 19.7 Å². The van der Waals surface area contributed by atoms with Gasteiger partial charge in [-0.1, -0.05) is 0 Å². The van der Waals surface area contributed by atoms with Crippen molar-refractivity contribution >= 4 is 23.5 Å². The van der Waals surface area contributed by atoms with E-state index in [-0.39, 0.29) is 5.91 Å². The highest BCUT2D eigenvalue weighted by atomic mass is 19.4. The number of alkyl halides is 3. The highest BCUT2D eigenvalue weighted by Gasteiger charge is 2.38. The highest BCUT2D eigenvalue weighted by Crippen LogP contribution is 2.30. The molecule has 3 N–H and O–H groups in total. The average Bonchev–Trinajstić information content (AvgIpc) is 3.63. The first-order chi connectivity index (χ1) is 15.7. The molecule has 1 amide bonds. The van der Waals surface area contributed by atoms with Gasteiger partial charge in [0.25, 0.3) is 5.91 Å². The molecule has 4 rings (SSSR count). The quantitative estimate of drug-likeness (QED) is 0.614. The van der Waals surface area contributed by atoms with Crippen molar-refractivity contribution in [3.63, 3.8) is 0 Å². The van der Waals surface area contributed by atoms with Crippen molar-refractivity contribution in [3.8, 4) is 0 Å². The summed E-state index contributed by atoms with van der Waals surface area (Å²) in [6, 6.07) is 3.95. The second-order valence-corrected chi connectivity index (χ2v) is 7.75. The van der Waals surface area contributed by atoms with Gasteiger partial charge in [0.2, 0.25) is 0 Å². The van der Waals surface area contributed by atoms with Crippen LogP contribution in [0.15, 0.2) is 24.7 Å². The van der Waals surface area contributed by atoms with Gasteiger partial charge in [0.05, 0.1) is 5.56 Å². The Morgan fingerprint density at radius 3 is 2.52 bits per heavy atom. The first kappa shape index (κ1) is 24.2. The molecule has 1 aliphatic carbocycles. The molecular weight excluding hydrogens is 441 g/mol. The summed E-state index contributed by atoms with van der Waals surface area (Å²) in [5, 5.41) is 13.3. The van der Waals surface area contributed by atoms with E-state index in [0.29, 0.717) is 11.4 Å². The Bertz CT molecular complexity index is 983. The third kappa shape index (κ3) is 6.77. The van der Waals surface area contributed by atoms with Gasteiger partial charge < -0.3 is 20.6 Å². The fourth-order valence-corrected chi connectivity index (χ4v) is 3.34. The van der Waals surface area contributed by atoms with Crippen molar-refractivity contribution in [1.82, 2.24) is 20.3 Å². The standard InChI is InChI=1S/C19H24N6O.C2HF3O2/c1-20-19(26)15-10-14-5-8-25(17-4-7-21-12-23-17)9-6-16(14)24-18(15)22-11-13-2-3-13;3-2(4,5)1(6)7/h4,7,10,12-13H,2-3,5-6,8-9,11H2,1H3,(H,20,26)(H,22,24);(H,6,7). The molecule has 0 bridgehead atoms. The smallest absolute Gasteiger partial charge is 0.475 e. The van der Waals surface area contributed by atoms with Crippen LogP contribution in [-0.4, -0.2) is 64.8 Å². The summed E-state index contributed by atoms with van der Waals surface area (Å²) < 4.78 is 31.7. The third-order valence-corrected chi connectivity index (χ3v) is 5.32. The van der Waals surface area contributed by atoms with Crippen LogP contribution in [0.2, 0.25) is 0 Å².